The molecule has 9 heteroatoms. The quantitative estimate of drug-likeness (QED) is 0.191. The van der Waals surface area contributed by atoms with Crippen LogP contribution in [0.25, 0.3) is 87.1 Å². The number of fused-ring (bicyclic) bond motifs is 15. The summed E-state index contributed by atoms with van der Waals surface area (Å²) in [5.74, 6) is 3.19. The van der Waals surface area contributed by atoms with Crippen LogP contribution in [0.2, 0.25) is 0 Å². The zero-order chi connectivity index (χ0) is 43.7. The molecule has 0 amide bonds. The van der Waals surface area contributed by atoms with E-state index in [4.69, 9.17) is 15.0 Å². The van der Waals surface area contributed by atoms with Crippen LogP contribution in [0, 0.1) is 11.8 Å². The Morgan fingerprint density at radius 1 is 0.552 bits per heavy atom. The van der Waals surface area contributed by atoms with Crippen molar-refractivity contribution in [2.24, 2.45) is 21.8 Å². The summed E-state index contributed by atoms with van der Waals surface area (Å²) in [5.41, 5.74) is 11.0. The summed E-state index contributed by atoms with van der Waals surface area (Å²) in [6, 6.07) is 58.5. The van der Waals surface area contributed by atoms with Crippen molar-refractivity contribution < 1.29 is 0 Å². The molecule has 1 fully saturated rings. The molecule has 6 heterocycles. The van der Waals surface area contributed by atoms with Crippen molar-refractivity contribution in [3.05, 3.63) is 211 Å². The van der Waals surface area contributed by atoms with E-state index in [0.717, 1.165) is 56.2 Å². The minimum atomic E-state index is -0.503. The highest BCUT2D eigenvalue weighted by molar-refractivity contribution is 8.00. The first-order chi connectivity index (χ1) is 33.2. The molecule has 1 saturated heterocycles. The van der Waals surface area contributed by atoms with Crippen LogP contribution >= 0.6 is 23.1 Å². The number of benzene rings is 7. The number of hydrogen-bond acceptors (Lipinski definition) is 6. The fourth-order valence-electron chi connectivity index (χ4n) is 11.4. The average molecular weight is 898 g/mol. The molecule has 0 saturated carbocycles. The first-order valence-corrected chi connectivity index (χ1v) is 24.7. The number of nitrogens with zero attached hydrogens (tertiary/aromatic N) is 6. The average Bonchev–Trinajstić information content (AvgIpc) is 4.21. The van der Waals surface area contributed by atoms with Crippen molar-refractivity contribution >= 4 is 105 Å². The van der Waals surface area contributed by atoms with Gasteiger partial charge in [0.25, 0.3) is 0 Å². The summed E-state index contributed by atoms with van der Waals surface area (Å²) < 4.78 is 9.58. The van der Waals surface area contributed by atoms with Gasteiger partial charge in [-0.3, -0.25) is 9.13 Å². The van der Waals surface area contributed by atoms with Crippen LogP contribution < -0.4 is 5.32 Å². The predicted molar refractivity (Wildman–Crippen MR) is 281 cm³/mol. The Labute approximate surface area is 393 Å². The van der Waals surface area contributed by atoms with Gasteiger partial charge in [-0.1, -0.05) is 146 Å². The number of para-hydroxylation sites is 5. The zero-order valence-electron chi connectivity index (χ0n) is 35.9. The summed E-state index contributed by atoms with van der Waals surface area (Å²) in [5, 5.41) is 11.1. The third kappa shape index (κ3) is 5.50. The zero-order valence-corrected chi connectivity index (χ0v) is 37.6. The largest absolute Gasteiger partial charge is 0.316 e. The van der Waals surface area contributed by atoms with Crippen LogP contribution in [0.1, 0.15) is 28.4 Å². The van der Waals surface area contributed by atoms with Crippen LogP contribution in [0.5, 0.6) is 0 Å². The van der Waals surface area contributed by atoms with Crippen molar-refractivity contribution in [1.82, 2.24) is 24.0 Å². The molecule has 11 aromatic rings. The van der Waals surface area contributed by atoms with Gasteiger partial charge < -0.3 is 9.88 Å². The van der Waals surface area contributed by atoms with E-state index < -0.39 is 6.29 Å². The molecule has 0 bridgehead atoms. The van der Waals surface area contributed by atoms with Crippen LogP contribution in [0.4, 0.5) is 0 Å². The number of nitrogens with one attached hydrogen (secondary N) is 1. The first kappa shape index (κ1) is 37.5. The van der Waals surface area contributed by atoms with E-state index in [2.05, 4.69) is 225 Å². The molecule has 0 spiro atoms. The van der Waals surface area contributed by atoms with Gasteiger partial charge in [0.1, 0.15) is 5.82 Å². The highest BCUT2D eigenvalue weighted by atomic mass is 32.2. The Kier molecular flexibility index (Phi) is 8.05. The van der Waals surface area contributed by atoms with E-state index in [-0.39, 0.29) is 0 Å². The van der Waals surface area contributed by atoms with Crippen molar-refractivity contribution in [1.29, 1.82) is 0 Å². The topological polar surface area (TPSA) is 64.4 Å². The van der Waals surface area contributed by atoms with Gasteiger partial charge in [-0.25, -0.2) is 9.98 Å². The van der Waals surface area contributed by atoms with Gasteiger partial charge in [-0.05, 0) is 60.2 Å². The number of imidazole rings is 1. The molecule has 15 rings (SSSR count). The molecule has 2 aliphatic heterocycles. The molecule has 2 aliphatic carbocycles. The molecule has 7 nitrogen and oxygen atoms in total. The number of aromatic nitrogens is 4. The molecule has 5 unspecified atom stereocenters. The molecule has 1 N–H and O–H groups in total. The molecule has 67 heavy (non-hydrogen) atoms. The summed E-state index contributed by atoms with van der Waals surface area (Å²) in [6.07, 6.45) is 13.6. The Morgan fingerprint density at radius 3 is 2.16 bits per heavy atom. The molecular weight excluding hydrogens is 859 g/mol. The maximum atomic E-state index is 5.60. The van der Waals surface area contributed by atoms with Gasteiger partial charge >= 0.3 is 0 Å². The lowest BCUT2D eigenvalue weighted by molar-refractivity contribution is 0.480. The molecule has 5 atom stereocenters. The second-order valence-electron chi connectivity index (χ2n) is 17.9. The number of hydrogen-bond donors (Lipinski definition) is 1. The molecule has 4 aliphatic rings. The second kappa shape index (κ2) is 14.4. The second-order valence-corrected chi connectivity index (χ2v) is 20.2. The first-order valence-electron chi connectivity index (χ1n) is 23.0. The minimum absolute atomic E-state index is 0.336. The highest BCUT2D eigenvalue weighted by Gasteiger charge is 2.46. The third-order valence-corrected chi connectivity index (χ3v) is 17.1. The van der Waals surface area contributed by atoms with E-state index in [9.17, 15) is 0 Å². The standard InChI is InChI=1S/C58H39N7S2/c1-2-14-36(15-3-1)63-46-23-11-8-20-43(46)59-56(63)35-28-26-34(27-29-35)55-60-57(64-44-21-9-4-18-41(44)51-47(64)32-30-39-37-16-6-12-24-49(37)66-53(39)51)62-58(61-55)65-45-22-10-5-19-42(45)52-48(65)33-31-40-38-17-7-13-25-50(38)67-54(40)52/h1-33,37,39,49,53,57H,(H,60,61,62). The van der Waals surface area contributed by atoms with E-state index in [1.165, 1.54) is 47.6 Å². The lowest BCUT2D eigenvalue weighted by atomic mass is 9.80. The summed E-state index contributed by atoms with van der Waals surface area (Å²) in [4.78, 5) is 16.3. The molecule has 318 valence electrons. The molecule has 0 radical (unpaired) electrons. The van der Waals surface area contributed by atoms with Crippen LogP contribution in [-0.2, 0) is 0 Å². The lowest BCUT2D eigenvalue weighted by Gasteiger charge is -2.29. The number of rotatable bonds is 4. The number of thioether (sulfide) groups is 1. The van der Waals surface area contributed by atoms with Crippen molar-refractivity contribution in [3.8, 4) is 17.1 Å². The van der Waals surface area contributed by atoms with E-state index in [0.29, 0.717) is 28.2 Å². The predicted octanol–water partition coefficient (Wildman–Crippen LogP) is 14.1. The van der Waals surface area contributed by atoms with Crippen molar-refractivity contribution in [3.63, 3.8) is 0 Å². The fraction of sp³-hybridized carbons (Fsp3) is 0.0862. The number of aliphatic imine (C=N–C) groups is 2. The lowest BCUT2D eigenvalue weighted by Crippen LogP contribution is -2.40. The fourth-order valence-corrected chi connectivity index (χ4v) is 14.4. The number of thiophene rings is 1. The summed E-state index contributed by atoms with van der Waals surface area (Å²) in [7, 11) is 0. The SMILES string of the molecule is C1=CC2SC3c4c(n(C5N=C(c6ccc(-c7nc8ccccc8n7-c7ccccc7)cc6)N=C(n6c7ccccc7c7c8sc9ccccc9c8ccc76)N5)c5ccccc45)C=CC3C2C=C1. The van der Waals surface area contributed by atoms with E-state index >= 15 is 0 Å². The Bertz CT molecular complexity index is 4030. The van der Waals surface area contributed by atoms with Gasteiger partial charge in [0.2, 0.25) is 12.2 Å². The number of allylic oxidation sites excluding steroid dienone is 4. The minimum Gasteiger partial charge on any atom is -0.316 e. The van der Waals surface area contributed by atoms with E-state index in [1.807, 2.05) is 17.4 Å². The van der Waals surface area contributed by atoms with Gasteiger partial charge in [0.15, 0.2) is 5.84 Å². The van der Waals surface area contributed by atoms with Gasteiger partial charge in [-0.2, -0.15) is 4.99 Å². The highest BCUT2D eigenvalue weighted by Crippen LogP contribution is 2.59. The maximum absolute atomic E-state index is 5.60. The van der Waals surface area contributed by atoms with E-state index in [1.54, 1.807) is 0 Å². The monoisotopic (exact) mass is 897 g/mol. The molecule has 4 aromatic heterocycles. The summed E-state index contributed by atoms with van der Waals surface area (Å²) >= 11 is 3.97. The van der Waals surface area contributed by atoms with Gasteiger partial charge in [0, 0.05) is 81.2 Å². The summed E-state index contributed by atoms with van der Waals surface area (Å²) in [6.45, 7) is 0. The van der Waals surface area contributed by atoms with Crippen LogP contribution in [-0.4, -0.2) is 35.7 Å². The van der Waals surface area contributed by atoms with Gasteiger partial charge in [0.05, 0.1) is 27.6 Å². The Morgan fingerprint density at radius 2 is 1.28 bits per heavy atom. The van der Waals surface area contributed by atoms with Crippen molar-refractivity contribution in [2.75, 3.05) is 0 Å². The third-order valence-electron chi connectivity index (χ3n) is 14.3. The van der Waals surface area contributed by atoms with Crippen molar-refractivity contribution in [2.45, 2.75) is 16.8 Å². The Balaban J connectivity index is 0.932. The Hall–Kier alpha value is -7.72. The van der Waals surface area contributed by atoms with Crippen LogP contribution in [0.3, 0.4) is 0 Å². The molecular formula is C58H39N7S2. The number of amidine groups is 1. The smallest absolute Gasteiger partial charge is 0.213 e. The van der Waals surface area contributed by atoms with Gasteiger partial charge in [-0.15, -0.1) is 23.1 Å². The normalized spacial score (nSPS) is 20.7. The molecule has 7 aromatic carbocycles. The van der Waals surface area contributed by atoms with Crippen LogP contribution in [0.15, 0.2) is 204 Å². The maximum Gasteiger partial charge on any atom is 0.213 e.